The fraction of sp³-hybridized carbons (Fsp3) is 0.269. The third kappa shape index (κ3) is 7.55. The summed E-state index contributed by atoms with van der Waals surface area (Å²) in [6, 6.07) is 5.49. The zero-order valence-corrected chi connectivity index (χ0v) is 19.2. The van der Waals surface area contributed by atoms with E-state index in [2.05, 4.69) is 5.32 Å². The molecule has 0 heterocycles. The molecule has 2 aromatic rings. The molecule has 0 aliphatic heterocycles. The molecule has 0 aromatic heterocycles. The van der Waals surface area contributed by atoms with Crippen LogP contribution in [0, 0.1) is 0 Å². The normalized spacial score (nSPS) is 14.5. The first-order valence-corrected chi connectivity index (χ1v) is 11.1. The average Bonchev–Trinajstić information content (AvgIpc) is 2.79. The summed E-state index contributed by atoms with van der Waals surface area (Å²) in [7, 11) is 0. The fourth-order valence-corrected chi connectivity index (χ4v) is 3.71. The van der Waals surface area contributed by atoms with E-state index in [-0.39, 0.29) is 36.0 Å². The Labute approximate surface area is 207 Å². The second kappa shape index (κ2) is 11.0. The molecule has 11 heteroatoms. The molecule has 2 aromatic carbocycles. The van der Waals surface area contributed by atoms with Gasteiger partial charge in [0.2, 0.25) is 5.91 Å². The molecule has 3 rings (SSSR count). The Morgan fingerprint density at radius 3 is 2.05 bits per heavy atom. The lowest BCUT2D eigenvalue weighted by Gasteiger charge is -2.15. The van der Waals surface area contributed by atoms with Gasteiger partial charge in [0.25, 0.3) is 0 Å². The number of carboxylic acids is 1. The predicted octanol–water partition coefficient (Wildman–Crippen LogP) is 6.99. The highest BCUT2D eigenvalue weighted by Crippen LogP contribution is 2.37. The van der Waals surface area contributed by atoms with E-state index in [1.54, 1.807) is 0 Å². The Balaban J connectivity index is 1.76. The molecule has 0 spiro atoms. The molecule has 0 saturated carbocycles. The summed E-state index contributed by atoms with van der Waals surface area (Å²) in [5, 5.41) is 11.3. The van der Waals surface area contributed by atoms with Crippen molar-refractivity contribution in [2.45, 2.75) is 44.5 Å². The van der Waals surface area contributed by atoms with Crippen molar-refractivity contribution in [3.8, 4) is 0 Å². The minimum atomic E-state index is -5.01. The van der Waals surface area contributed by atoms with Gasteiger partial charge in [-0.15, -0.1) is 0 Å². The van der Waals surface area contributed by atoms with Gasteiger partial charge >= 0.3 is 18.3 Å². The van der Waals surface area contributed by atoms with Crippen LogP contribution in [0.25, 0.3) is 12.2 Å². The number of amides is 1. The van der Waals surface area contributed by atoms with Crippen LogP contribution in [0.1, 0.15) is 64.7 Å². The van der Waals surface area contributed by atoms with E-state index in [0.717, 1.165) is 6.08 Å². The Kier molecular flexibility index (Phi) is 8.25. The van der Waals surface area contributed by atoms with Gasteiger partial charge in [-0.1, -0.05) is 18.6 Å². The van der Waals surface area contributed by atoms with E-state index >= 15 is 0 Å². The van der Waals surface area contributed by atoms with Crippen molar-refractivity contribution in [2.75, 3.05) is 5.32 Å². The van der Waals surface area contributed by atoms with Gasteiger partial charge in [0.1, 0.15) is 0 Å². The quantitative estimate of drug-likeness (QED) is 0.221. The highest BCUT2D eigenvalue weighted by Gasteiger charge is 2.36. The summed E-state index contributed by atoms with van der Waals surface area (Å²) in [6.07, 6.45) is -4.55. The first-order valence-electron chi connectivity index (χ1n) is 11.1. The number of Topliss-reactive ketones (excluding diaryl/α,β-unsaturated/α-hetero) is 1. The van der Waals surface area contributed by atoms with Crippen molar-refractivity contribution in [1.82, 2.24) is 0 Å². The van der Waals surface area contributed by atoms with Crippen LogP contribution < -0.4 is 5.32 Å². The van der Waals surface area contributed by atoms with Gasteiger partial charge in [-0.25, -0.2) is 0 Å². The fourth-order valence-electron chi connectivity index (χ4n) is 3.71. The van der Waals surface area contributed by atoms with Crippen LogP contribution in [-0.4, -0.2) is 22.8 Å². The molecule has 0 atom stereocenters. The number of ketones is 1. The van der Waals surface area contributed by atoms with E-state index in [9.17, 15) is 40.7 Å². The lowest BCUT2D eigenvalue weighted by atomic mass is 9.90. The number of carboxylic acid groups (broad SMARTS) is 1. The summed E-state index contributed by atoms with van der Waals surface area (Å²) in [5.41, 5.74) is -2.51. The molecule has 196 valence electrons. The van der Waals surface area contributed by atoms with Gasteiger partial charge in [0, 0.05) is 29.7 Å². The molecular formula is C26H21F6NO4. The van der Waals surface area contributed by atoms with Crippen LogP contribution in [0.15, 0.2) is 48.0 Å². The molecule has 1 aliphatic carbocycles. The predicted molar refractivity (Wildman–Crippen MR) is 124 cm³/mol. The lowest BCUT2D eigenvalue weighted by Crippen LogP contribution is -2.13. The van der Waals surface area contributed by atoms with Crippen LogP contribution in [-0.2, 0) is 21.9 Å². The Morgan fingerprint density at radius 1 is 0.838 bits per heavy atom. The van der Waals surface area contributed by atoms with Crippen LogP contribution in [0.2, 0.25) is 0 Å². The maximum absolute atomic E-state index is 13.1. The number of hydrogen-bond acceptors (Lipinski definition) is 3. The number of fused-ring (bicyclic) bond motifs is 1. The largest absolute Gasteiger partial charge is 0.481 e. The highest BCUT2D eigenvalue weighted by molar-refractivity contribution is 6.17. The van der Waals surface area contributed by atoms with Crippen molar-refractivity contribution in [3.63, 3.8) is 0 Å². The lowest BCUT2D eigenvalue weighted by molar-refractivity contribution is -0.143. The summed E-state index contributed by atoms with van der Waals surface area (Å²) >= 11 is 0. The number of carbonyl (C=O) groups excluding carboxylic acids is 2. The monoisotopic (exact) mass is 525 g/mol. The zero-order chi connectivity index (χ0) is 27.4. The van der Waals surface area contributed by atoms with Crippen molar-refractivity contribution in [1.29, 1.82) is 0 Å². The molecule has 0 saturated heterocycles. The molecule has 37 heavy (non-hydrogen) atoms. The molecule has 0 fully saturated rings. The summed E-state index contributed by atoms with van der Waals surface area (Å²) < 4.78 is 78.8. The first-order chi connectivity index (χ1) is 17.2. The van der Waals surface area contributed by atoms with Crippen LogP contribution in [0.5, 0.6) is 0 Å². The number of carbonyl (C=O) groups is 3. The number of alkyl halides is 6. The van der Waals surface area contributed by atoms with Gasteiger partial charge in [-0.2, -0.15) is 26.3 Å². The number of hydrogen-bond donors (Lipinski definition) is 2. The topological polar surface area (TPSA) is 83.5 Å². The van der Waals surface area contributed by atoms with Crippen molar-refractivity contribution >= 4 is 35.5 Å². The first kappa shape index (κ1) is 27.7. The molecule has 2 N–H and O–H groups in total. The van der Waals surface area contributed by atoms with E-state index in [1.165, 1.54) is 30.4 Å². The van der Waals surface area contributed by atoms with Gasteiger partial charge in [0.15, 0.2) is 5.78 Å². The Bertz CT molecular complexity index is 1240. The van der Waals surface area contributed by atoms with E-state index in [4.69, 9.17) is 5.11 Å². The molecule has 1 aliphatic rings. The number of aliphatic carboxylic acids is 1. The number of allylic oxidation sites excluding steroid dienone is 2. The van der Waals surface area contributed by atoms with Gasteiger partial charge in [-0.05, 0) is 66.4 Å². The average molecular weight is 525 g/mol. The third-order valence-corrected chi connectivity index (χ3v) is 5.51. The molecule has 0 radical (unpaired) electrons. The number of halogens is 6. The number of anilines is 1. The van der Waals surface area contributed by atoms with Crippen molar-refractivity contribution in [3.05, 3.63) is 75.9 Å². The number of benzene rings is 2. The second-order valence-corrected chi connectivity index (χ2v) is 8.41. The van der Waals surface area contributed by atoms with Gasteiger partial charge in [-0.3, -0.25) is 14.4 Å². The third-order valence-electron chi connectivity index (χ3n) is 5.51. The zero-order valence-electron chi connectivity index (χ0n) is 19.2. The molecule has 0 unspecified atom stereocenters. The summed E-state index contributed by atoms with van der Waals surface area (Å²) in [5.74, 6) is -1.80. The smallest absolute Gasteiger partial charge is 0.416 e. The number of nitrogens with one attached hydrogen (secondary N) is 1. The van der Waals surface area contributed by atoms with Crippen LogP contribution >= 0.6 is 0 Å². The van der Waals surface area contributed by atoms with Crippen molar-refractivity contribution < 1.29 is 45.8 Å². The molecule has 0 bridgehead atoms. The summed E-state index contributed by atoms with van der Waals surface area (Å²) in [6.45, 7) is 0. The second-order valence-electron chi connectivity index (χ2n) is 8.41. The van der Waals surface area contributed by atoms with E-state index < -0.39 is 40.8 Å². The number of rotatable bonds is 8. The maximum atomic E-state index is 13.1. The Morgan fingerprint density at radius 2 is 1.46 bits per heavy atom. The highest BCUT2D eigenvalue weighted by atomic mass is 19.4. The molecule has 5 nitrogen and oxygen atoms in total. The minimum Gasteiger partial charge on any atom is -0.481 e. The molecule has 1 amide bonds. The van der Waals surface area contributed by atoms with Crippen LogP contribution in [0.3, 0.4) is 0 Å². The summed E-state index contributed by atoms with van der Waals surface area (Å²) in [4.78, 5) is 35.5. The molecular weight excluding hydrogens is 504 g/mol. The van der Waals surface area contributed by atoms with Gasteiger partial charge in [0.05, 0.1) is 11.1 Å². The van der Waals surface area contributed by atoms with Crippen molar-refractivity contribution in [2.24, 2.45) is 0 Å². The maximum Gasteiger partial charge on any atom is 0.416 e. The van der Waals surface area contributed by atoms with Gasteiger partial charge < -0.3 is 10.4 Å². The standard InChI is InChI=1S/C26H21F6NO4/c27-25(28,29)18-11-15(12-19(14-18)26(30,31)32)10-17-7-6-16-13-20(8-9-21(16)24(17)37)33-22(34)4-2-1-3-5-23(35)36/h6-14H,1-5H2,(H,33,34)(H,35,36)/b17-10+. The minimum absolute atomic E-state index is 0.0156. The van der Waals surface area contributed by atoms with E-state index in [1.807, 2.05) is 0 Å². The van der Waals surface area contributed by atoms with Crippen LogP contribution in [0.4, 0.5) is 32.0 Å². The SMILES string of the molecule is O=C(O)CCCCCC(=O)Nc1ccc2c(c1)C=C/C(=C\c1cc(C(F)(F)F)cc(C(F)(F)F)c1)C2=O. The number of unbranched alkanes of at least 4 members (excludes halogenated alkanes) is 2. The Hall–Kier alpha value is -3.89. The van der Waals surface area contributed by atoms with E-state index in [0.29, 0.717) is 42.6 Å².